The molecule has 14 heavy (non-hydrogen) atoms. The highest BCUT2D eigenvalue weighted by Gasteiger charge is 2.34. The Kier molecular flexibility index (Phi) is 3.53. The molecule has 0 aromatic carbocycles. The van der Waals surface area contributed by atoms with Crippen molar-refractivity contribution in [3.8, 4) is 0 Å². The van der Waals surface area contributed by atoms with Crippen LogP contribution >= 0.6 is 0 Å². The Labute approximate surface area is 86.4 Å². The molecule has 1 heterocycles. The summed E-state index contributed by atoms with van der Waals surface area (Å²) in [5.41, 5.74) is -1.33. The number of rotatable bonds is 2. The molecule has 0 aromatic rings. The van der Waals surface area contributed by atoms with Gasteiger partial charge in [0.1, 0.15) is 5.67 Å². The first-order chi connectivity index (χ1) is 6.31. The fourth-order valence-corrected chi connectivity index (χ4v) is 1.51. The number of hydrogen-bond donors (Lipinski definition) is 0. The topological polar surface area (TPSA) is 12.5 Å². The van der Waals surface area contributed by atoms with Crippen LogP contribution in [0.4, 0.5) is 4.39 Å². The quantitative estimate of drug-likeness (QED) is 0.682. The van der Waals surface area contributed by atoms with Crippen LogP contribution in [0.25, 0.3) is 0 Å². The van der Waals surface area contributed by atoms with Gasteiger partial charge >= 0.3 is 0 Å². The van der Waals surface area contributed by atoms with E-state index in [0.29, 0.717) is 12.8 Å². The molecule has 1 aliphatic heterocycles. The predicted octanol–water partition coefficient (Wildman–Crippen LogP) is 2.24. The molecule has 0 atom stereocenters. The van der Waals surface area contributed by atoms with Crippen molar-refractivity contribution in [3.05, 3.63) is 0 Å². The molecule has 0 bridgehead atoms. The van der Waals surface area contributed by atoms with Gasteiger partial charge in [-0.25, -0.2) is 4.39 Å². The van der Waals surface area contributed by atoms with Crippen molar-refractivity contribution in [2.75, 3.05) is 26.7 Å². The zero-order chi connectivity index (χ0) is 10.8. The molecule has 3 heteroatoms. The van der Waals surface area contributed by atoms with E-state index in [9.17, 15) is 4.39 Å². The van der Waals surface area contributed by atoms with Crippen LogP contribution in [0.3, 0.4) is 0 Å². The lowest BCUT2D eigenvalue weighted by Crippen LogP contribution is -2.44. The van der Waals surface area contributed by atoms with Crippen molar-refractivity contribution in [3.63, 3.8) is 0 Å². The summed E-state index contributed by atoms with van der Waals surface area (Å²) in [6.07, 6.45) is 1.19. The molecule has 0 saturated carbocycles. The average molecular weight is 203 g/mol. The third-order valence-corrected chi connectivity index (χ3v) is 2.65. The van der Waals surface area contributed by atoms with Gasteiger partial charge in [0.25, 0.3) is 0 Å². The highest BCUT2D eigenvalue weighted by molar-refractivity contribution is 4.86. The third-order valence-electron chi connectivity index (χ3n) is 2.65. The second-order valence-electron chi connectivity index (χ2n) is 5.36. The molecule has 1 saturated heterocycles. The summed E-state index contributed by atoms with van der Waals surface area (Å²) in [6.45, 7) is 7.81. The molecule has 0 amide bonds. The first-order valence-electron chi connectivity index (χ1n) is 5.32. The van der Waals surface area contributed by atoms with Gasteiger partial charge in [-0.3, -0.25) is 0 Å². The summed E-state index contributed by atoms with van der Waals surface area (Å²) < 4.78 is 19.6. The highest BCUT2D eigenvalue weighted by Crippen LogP contribution is 2.27. The molecule has 0 aromatic heterocycles. The molecule has 0 aliphatic carbocycles. The van der Waals surface area contributed by atoms with Crippen LogP contribution in [-0.2, 0) is 4.74 Å². The minimum atomic E-state index is -1.10. The SMILES string of the molecule is CN1CCC(F)(COC(C)(C)C)CC1. The van der Waals surface area contributed by atoms with Crippen molar-refractivity contribution in [1.29, 1.82) is 0 Å². The molecular weight excluding hydrogens is 181 g/mol. The molecule has 0 spiro atoms. The van der Waals surface area contributed by atoms with E-state index in [0.717, 1.165) is 13.1 Å². The monoisotopic (exact) mass is 203 g/mol. The molecule has 84 valence electrons. The minimum absolute atomic E-state index is 0.234. The smallest absolute Gasteiger partial charge is 0.136 e. The van der Waals surface area contributed by atoms with Gasteiger partial charge in [0.2, 0.25) is 0 Å². The molecule has 0 unspecified atom stereocenters. The summed E-state index contributed by atoms with van der Waals surface area (Å²) in [4.78, 5) is 2.16. The summed E-state index contributed by atoms with van der Waals surface area (Å²) in [6, 6.07) is 0. The summed E-state index contributed by atoms with van der Waals surface area (Å²) in [5, 5.41) is 0. The third kappa shape index (κ3) is 3.93. The standard InChI is InChI=1S/C11H22FNO/c1-10(2,3)14-9-11(12)5-7-13(4)8-6-11/h5-9H2,1-4H3. The largest absolute Gasteiger partial charge is 0.373 e. The minimum Gasteiger partial charge on any atom is -0.373 e. The first kappa shape index (κ1) is 11.9. The van der Waals surface area contributed by atoms with E-state index in [1.54, 1.807) is 0 Å². The number of nitrogens with zero attached hydrogens (tertiary/aromatic N) is 1. The van der Waals surface area contributed by atoms with Gasteiger partial charge in [-0.15, -0.1) is 0 Å². The van der Waals surface area contributed by atoms with E-state index >= 15 is 0 Å². The number of alkyl halides is 1. The Bertz CT molecular complexity index is 180. The molecular formula is C11H22FNO. The Morgan fingerprint density at radius 3 is 2.21 bits per heavy atom. The van der Waals surface area contributed by atoms with Crippen molar-refractivity contribution >= 4 is 0 Å². The van der Waals surface area contributed by atoms with Crippen LogP contribution < -0.4 is 0 Å². The predicted molar refractivity (Wildman–Crippen MR) is 56.3 cm³/mol. The van der Waals surface area contributed by atoms with Gasteiger partial charge in [0.15, 0.2) is 0 Å². The van der Waals surface area contributed by atoms with Crippen LogP contribution in [0.5, 0.6) is 0 Å². The van der Waals surface area contributed by atoms with E-state index in [1.807, 2.05) is 27.8 Å². The van der Waals surface area contributed by atoms with Gasteiger partial charge < -0.3 is 9.64 Å². The van der Waals surface area contributed by atoms with Gasteiger partial charge in [-0.1, -0.05) is 0 Å². The van der Waals surface area contributed by atoms with Crippen molar-refractivity contribution in [2.45, 2.75) is 44.9 Å². The van der Waals surface area contributed by atoms with E-state index in [2.05, 4.69) is 4.90 Å². The number of ether oxygens (including phenoxy) is 1. The normalized spacial score (nSPS) is 23.8. The molecule has 0 N–H and O–H groups in total. The maximum atomic E-state index is 14.1. The van der Waals surface area contributed by atoms with E-state index < -0.39 is 5.67 Å². The van der Waals surface area contributed by atoms with Crippen LogP contribution in [0.2, 0.25) is 0 Å². The second kappa shape index (κ2) is 4.15. The second-order valence-corrected chi connectivity index (χ2v) is 5.36. The average Bonchev–Trinajstić information content (AvgIpc) is 2.07. The molecule has 0 radical (unpaired) electrons. The van der Waals surface area contributed by atoms with Crippen LogP contribution in [0.1, 0.15) is 33.6 Å². The zero-order valence-corrected chi connectivity index (χ0v) is 9.77. The fraction of sp³-hybridized carbons (Fsp3) is 1.00. The van der Waals surface area contributed by atoms with Crippen LogP contribution in [0, 0.1) is 0 Å². The van der Waals surface area contributed by atoms with E-state index in [-0.39, 0.29) is 12.2 Å². The molecule has 1 rings (SSSR count). The molecule has 1 aliphatic rings. The van der Waals surface area contributed by atoms with Gasteiger partial charge in [0.05, 0.1) is 12.2 Å². The fourth-order valence-electron chi connectivity index (χ4n) is 1.51. The lowest BCUT2D eigenvalue weighted by atomic mass is 9.94. The van der Waals surface area contributed by atoms with Crippen molar-refractivity contribution in [2.24, 2.45) is 0 Å². The highest BCUT2D eigenvalue weighted by atomic mass is 19.1. The zero-order valence-electron chi connectivity index (χ0n) is 9.77. The Morgan fingerprint density at radius 1 is 1.29 bits per heavy atom. The number of hydrogen-bond acceptors (Lipinski definition) is 2. The van der Waals surface area contributed by atoms with E-state index in [1.165, 1.54) is 0 Å². The summed E-state index contributed by atoms with van der Waals surface area (Å²) >= 11 is 0. The van der Waals surface area contributed by atoms with Crippen molar-refractivity contribution in [1.82, 2.24) is 4.90 Å². The summed E-state index contributed by atoms with van der Waals surface area (Å²) in [5.74, 6) is 0. The van der Waals surface area contributed by atoms with Gasteiger partial charge in [0, 0.05) is 13.1 Å². The van der Waals surface area contributed by atoms with E-state index in [4.69, 9.17) is 4.74 Å². The maximum absolute atomic E-state index is 14.1. The van der Waals surface area contributed by atoms with Crippen LogP contribution in [0.15, 0.2) is 0 Å². The Morgan fingerprint density at radius 2 is 1.79 bits per heavy atom. The molecule has 2 nitrogen and oxygen atoms in total. The van der Waals surface area contributed by atoms with Gasteiger partial charge in [-0.05, 0) is 40.7 Å². The van der Waals surface area contributed by atoms with Crippen molar-refractivity contribution < 1.29 is 9.13 Å². The number of halogens is 1. The maximum Gasteiger partial charge on any atom is 0.136 e. The Hall–Kier alpha value is -0.150. The molecule has 1 fully saturated rings. The number of likely N-dealkylation sites (tertiary alicyclic amines) is 1. The lowest BCUT2D eigenvalue weighted by Gasteiger charge is -2.36. The number of piperidine rings is 1. The van der Waals surface area contributed by atoms with Gasteiger partial charge in [-0.2, -0.15) is 0 Å². The Balaban J connectivity index is 2.36. The van der Waals surface area contributed by atoms with Crippen LogP contribution in [-0.4, -0.2) is 42.9 Å². The first-order valence-corrected chi connectivity index (χ1v) is 5.32. The lowest BCUT2D eigenvalue weighted by molar-refractivity contribution is -0.0814. The summed E-state index contributed by atoms with van der Waals surface area (Å²) in [7, 11) is 2.03.